The summed E-state index contributed by atoms with van der Waals surface area (Å²) in [5.74, 6) is -0.533. The molecule has 1 aromatic carbocycles. The Balaban J connectivity index is 2.71. The maximum absolute atomic E-state index is 13.9. The van der Waals surface area contributed by atoms with E-state index < -0.39 is 5.82 Å². The van der Waals surface area contributed by atoms with Gasteiger partial charge in [-0.25, -0.2) is 4.39 Å². The monoisotopic (exact) mass is 318 g/mol. The van der Waals surface area contributed by atoms with E-state index in [1.54, 1.807) is 18.3 Å². The Kier molecular flexibility index (Phi) is 3.37. The fourth-order valence-corrected chi connectivity index (χ4v) is 1.95. The van der Waals surface area contributed by atoms with Gasteiger partial charge in [0.15, 0.2) is 5.82 Å². The number of H-pyrrole nitrogens is 1. The molecule has 0 saturated carbocycles. The van der Waals surface area contributed by atoms with Crippen molar-refractivity contribution in [1.82, 2.24) is 9.97 Å². The summed E-state index contributed by atoms with van der Waals surface area (Å²) in [5, 5.41) is 0.0255. The third-order valence-corrected chi connectivity index (χ3v) is 3.57. The lowest BCUT2D eigenvalue weighted by molar-refractivity contribution is 0.630. The van der Waals surface area contributed by atoms with E-state index in [0.29, 0.717) is 14.8 Å². The number of benzene rings is 1. The fraction of sp³-hybridized carbons (Fsp3) is 0. The van der Waals surface area contributed by atoms with Crippen LogP contribution in [0.2, 0.25) is 5.02 Å². The van der Waals surface area contributed by atoms with Gasteiger partial charge in [-0.3, -0.25) is 4.98 Å². The Morgan fingerprint density at radius 3 is 2.88 bits per heavy atom. The van der Waals surface area contributed by atoms with Crippen LogP contribution >= 0.6 is 39.7 Å². The molecule has 0 radical (unpaired) electrons. The van der Waals surface area contributed by atoms with E-state index in [0.717, 1.165) is 0 Å². The van der Waals surface area contributed by atoms with Crippen LogP contribution in [0.1, 0.15) is 0 Å². The molecule has 1 N–H and O–H groups in total. The third kappa shape index (κ3) is 2.03. The summed E-state index contributed by atoms with van der Waals surface area (Å²) >= 11 is 14.0. The minimum Gasteiger partial charge on any atom is -0.350 e. The average molecular weight is 320 g/mol. The molecule has 6 heteroatoms. The Morgan fingerprint density at radius 2 is 2.19 bits per heavy atom. The van der Waals surface area contributed by atoms with Gasteiger partial charge in [0.05, 0.1) is 5.02 Å². The van der Waals surface area contributed by atoms with E-state index in [1.807, 2.05) is 0 Å². The van der Waals surface area contributed by atoms with Crippen molar-refractivity contribution in [3.63, 3.8) is 0 Å². The van der Waals surface area contributed by atoms with Gasteiger partial charge < -0.3 is 4.98 Å². The highest BCUT2D eigenvalue weighted by atomic mass is 79.9. The first-order valence-electron chi connectivity index (χ1n) is 4.29. The molecule has 2 aromatic rings. The minimum atomic E-state index is -0.533. The van der Waals surface area contributed by atoms with Crippen LogP contribution in [-0.4, -0.2) is 9.97 Å². The number of nitrogens with zero attached hydrogens (tertiary/aromatic N) is 1. The van der Waals surface area contributed by atoms with E-state index in [2.05, 4.69) is 25.9 Å². The summed E-state index contributed by atoms with van der Waals surface area (Å²) in [6.45, 7) is 0. The highest BCUT2D eigenvalue weighted by Gasteiger charge is 2.13. The SMILES string of the molecule is Fc1c(-c2ncc[nH]c2=S)ccc(Br)c1Cl. The molecule has 16 heavy (non-hydrogen) atoms. The molecule has 0 aliphatic rings. The standard InChI is InChI=1S/C10H5BrClFN2S/c11-6-2-1-5(8(13)7(6)12)9-10(16)15-4-3-14-9/h1-4H,(H,15,16). The molecule has 1 aromatic heterocycles. The van der Waals surface area contributed by atoms with Gasteiger partial charge in [0, 0.05) is 22.4 Å². The molecule has 0 spiro atoms. The van der Waals surface area contributed by atoms with E-state index in [4.69, 9.17) is 23.8 Å². The smallest absolute Gasteiger partial charge is 0.152 e. The summed E-state index contributed by atoms with van der Waals surface area (Å²) in [5.41, 5.74) is 0.666. The molecule has 0 amide bonds. The Labute approximate surface area is 110 Å². The largest absolute Gasteiger partial charge is 0.350 e. The number of rotatable bonds is 1. The number of aromatic nitrogens is 2. The van der Waals surface area contributed by atoms with Crippen molar-refractivity contribution < 1.29 is 4.39 Å². The zero-order chi connectivity index (χ0) is 11.7. The van der Waals surface area contributed by atoms with Crippen LogP contribution in [0.4, 0.5) is 4.39 Å². The maximum atomic E-state index is 13.9. The molecule has 0 unspecified atom stereocenters. The van der Waals surface area contributed by atoms with Crippen LogP contribution in [0.25, 0.3) is 11.3 Å². The Hall–Kier alpha value is -0.780. The number of hydrogen-bond donors (Lipinski definition) is 1. The summed E-state index contributed by atoms with van der Waals surface area (Å²) in [7, 11) is 0. The van der Waals surface area contributed by atoms with Crippen molar-refractivity contribution in [3.05, 3.63) is 44.5 Å². The second-order valence-electron chi connectivity index (χ2n) is 2.99. The quantitative estimate of drug-likeness (QED) is 0.625. The highest BCUT2D eigenvalue weighted by Crippen LogP contribution is 2.32. The van der Waals surface area contributed by atoms with E-state index in [9.17, 15) is 4.39 Å². The predicted molar refractivity (Wildman–Crippen MR) is 67.5 cm³/mol. The lowest BCUT2D eigenvalue weighted by Crippen LogP contribution is -1.91. The molecule has 2 nitrogen and oxygen atoms in total. The Bertz CT molecular complexity index is 600. The van der Waals surface area contributed by atoms with Gasteiger partial charge in [0.1, 0.15) is 10.3 Å². The van der Waals surface area contributed by atoms with Crippen molar-refractivity contribution in [3.8, 4) is 11.3 Å². The lowest BCUT2D eigenvalue weighted by Gasteiger charge is -2.05. The van der Waals surface area contributed by atoms with Crippen LogP contribution < -0.4 is 0 Å². The second kappa shape index (κ2) is 4.61. The van der Waals surface area contributed by atoms with Gasteiger partial charge >= 0.3 is 0 Å². The normalized spacial score (nSPS) is 10.4. The van der Waals surface area contributed by atoms with E-state index >= 15 is 0 Å². The molecule has 1 heterocycles. The lowest BCUT2D eigenvalue weighted by atomic mass is 10.1. The summed E-state index contributed by atoms with van der Waals surface area (Å²) < 4.78 is 14.7. The summed E-state index contributed by atoms with van der Waals surface area (Å²) in [6.07, 6.45) is 3.10. The maximum Gasteiger partial charge on any atom is 0.152 e. The van der Waals surface area contributed by atoms with Gasteiger partial charge in [-0.1, -0.05) is 23.8 Å². The third-order valence-electron chi connectivity index (χ3n) is 2.00. The molecule has 0 bridgehead atoms. The molecule has 2 rings (SSSR count). The fourth-order valence-electron chi connectivity index (χ4n) is 1.25. The Morgan fingerprint density at radius 1 is 1.44 bits per heavy atom. The molecular weight excluding hydrogens is 315 g/mol. The van der Waals surface area contributed by atoms with Gasteiger partial charge in [0.25, 0.3) is 0 Å². The number of aromatic amines is 1. The zero-order valence-corrected chi connectivity index (χ0v) is 11.0. The van der Waals surface area contributed by atoms with Crippen molar-refractivity contribution >= 4 is 39.7 Å². The molecule has 0 saturated heterocycles. The molecule has 0 atom stereocenters. The van der Waals surface area contributed by atoms with Gasteiger partial charge in [-0.2, -0.15) is 0 Å². The van der Waals surface area contributed by atoms with E-state index in [-0.39, 0.29) is 10.6 Å². The molecule has 82 valence electrons. The van der Waals surface area contributed by atoms with Crippen molar-refractivity contribution in [2.24, 2.45) is 0 Å². The molecule has 0 aliphatic carbocycles. The van der Waals surface area contributed by atoms with Gasteiger partial charge in [0.2, 0.25) is 0 Å². The van der Waals surface area contributed by atoms with Crippen molar-refractivity contribution in [2.45, 2.75) is 0 Å². The first-order valence-corrected chi connectivity index (χ1v) is 5.86. The second-order valence-corrected chi connectivity index (χ2v) is 4.63. The number of hydrogen-bond acceptors (Lipinski definition) is 2. The predicted octanol–water partition coefficient (Wildman–Crippen LogP) is 4.36. The van der Waals surface area contributed by atoms with E-state index in [1.165, 1.54) is 6.20 Å². The molecule has 0 fully saturated rings. The first-order chi connectivity index (χ1) is 7.61. The zero-order valence-electron chi connectivity index (χ0n) is 7.80. The highest BCUT2D eigenvalue weighted by molar-refractivity contribution is 9.10. The van der Waals surface area contributed by atoms with Crippen molar-refractivity contribution in [2.75, 3.05) is 0 Å². The topological polar surface area (TPSA) is 28.7 Å². The molecule has 0 aliphatic heterocycles. The van der Waals surface area contributed by atoms with Crippen molar-refractivity contribution in [1.29, 1.82) is 0 Å². The number of halogens is 3. The van der Waals surface area contributed by atoms with Crippen LogP contribution in [-0.2, 0) is 0 Å². The summed E-state index contributed by atoms with van der Waals surface area (Å²) in [4.78, 5) is 6.82. The average Bonchev–Trinajstić information content (AvgIpc) is 2.28. The number of nitrogens with one attached hydrogen (secondary N) is 1. The van der Waals surface area contributed by atoms with Gasteiger partial charge in [-0.05, 0) is 28.1 Å². The van der Waals surface area contributed by atoms with Crippen LogP contribution in [0.5, 0.6) is 0 Å². The van der Waals surface area contributed by atoms with Gasteiger partial charge in [-0.15, -0.1) is 0 Å². The first kappa shape index (κ1) is 11.7. The van der Waals surface area contributed by atoms with Crippen LogP contribution in [0, 0.1) is 10.5 Å². The minimum absolute atomic E-state index is 0.0255. The van der Waals surface area contributed by atoms with Crippen LogP contribution in [0.15, 0.2) is 29.0 Å². The van der Waals surface area contributed by atoms with Crippen LogP contribution in [0.3, 0.4) is 0 Å². The summed E-state index contributed by atoms with van der Waals surface area (Å²) in [6, 6.07) is 3.24. The molecular formula is C10H5BrClFN2S.